The van der Waals surface area contributed by atoms with E-state index in [0.717, 1.165) is 22.6 Å². The van der Waals surface area contributed by atoms with E-state index in [2.05, 4.69) is 35.6 Å². The Morgan fingerprint density at radius 3 is 2.61 bits per heavy atom. The van der Waals surface area contributed by atoms with Crippen LogP contribution in [0, 0.1) is 0 Å². The number of H-pyrrole nitrogens is 1. The second-order valence-corrected chi connectivity index (χ2v) is 6.23. The summed E-state index contributed by atoms with van der Waals surface area (Å²) >= 11 is 5.85. The zero-order valence-corrected chi connectivity index (χ0v) is 15.6. The Balaban J connectivity index is 1.49. The third-order valence-electron chi connectivity index (χ3n) is 3.94. The Morgan fingerprint density at radius 2 is 1.82 bits per heavy atom. The molecule has 0 saturated heterocycles. The highest BCUT2D eigenvalue weighted by Gasteiger charge is 2.13. The predicted octanol–water partition coefficient (Wildman–Crippen LogP) is 3.50. The van der Waals surface area contributed by atoms with Crippen LogP contribution < -0.4 is 10.6 Å². The fourth-order valence-electron chi connectivity index (χ4n) is 2.66. The lowest BCUT2D eigenvalue weighted by molar-refractivity contribution is 1.01. The van der Waals surface area contributed by atoms with Gasteiger partial charge in [0.25, 0.3) is 0 Å². The summed E-state index contributed by atoms with van der Waals surface area (Å²) in [5.41, 5.74) is 2.65. The van der Waals surface area contributed by atoms with Crippen LogP contribution in [0.4, 0.5) is 11.8 Å². The minimum atomic E-state index is 0.398. The number of anilines is 2. The summed E-state index contributed by atoms with van der Waals surface area (Å²) in [7, 11) is 0. The second kappa shape index (κ2) is 8.45. The highest BCUT2D eigenvalue weighted by Crippen LogP contribution is 2.28. The van der Waals surface area contributed by atoms with Crippen molar-refractivity contribution >= 4 is 23.4 Å². The van der Waals surface area contributed by atoms with Gasteiger partial charge in [-0.1, -0.05) is 41.9 Å². The van der Waals surface area contributed by atoms with E-state index in [0.29, 0.717) is 30.0 Å². The number of benzene rings is 1. The second-order valence-electron chi connectivity index (χ2n) is 5.84. The van der Waals surface area contributed by atoms with Crippen LogP contribution in [0.2, 0.25) is 5.15 Å². The quantitative estimate of drug-likeness (QED) is 0.326. The first-order chi connectivity index (χ1) is 13.8. The molecular formula is C19H17ClN8. The molecule has 0 spiro atoms. The molecule has 0 fully saturated rings. The Labute approximate surface area is 166 Å². The number of hydrogen-bond donors (Lipinski definition) is 3. The summed E-state index contributed by atoms with van der Waals surface area (Å²) in [6.45, 7) is 1.23. The van der Waals surface area contributed by atoms with E-state index in [4.69, 9.17) is 16.6 Å². The lowest BCUT2D eigenvalue weighted by atomic mass is 10.1. The molecule has 140 valence electrons. The number of nitrogens with one attached hydrogen (secondary N) is 3. The van der Waals surface area contributed by atoms with E-state index in [1.54, 1.807) is 24.7 Å². The average Bonchev–Trinajstić information content (AvgIpc) is 3.26. The first kappa shape index (κ1) is 17.9. The molecule has 3 aromatic heterocycles. The maximum Gasteiger partial charge on any atom is 0.223 e. The van der Waals surface area contributed by atoms with Gasteiger partial charge in [0, 0.05) is 43.3 Å². The molecule has 1 aromatic carbocycles. The lowest BCUT2D eigenvalue weighted by Gasteiger charge is -2.11. The number of rotatable bonds is 7. The number of imidazole rings is 1. The molecule has 3 N–H and O–H groups in total. The van der Waals surface area contributed by atoms with Crippen molar-refractivity contribution in [2.45, 2.75) is 0 Å². The molecular weight excluding hydrogens is 376 g/mol. The molecule has 0 aliphatic rings. The molecule has 0 radical (unpaired) electrons. The highest BCUT2D eigenvalue weighted by molar-refractivity contribution is 6.29. The van der Waals surface area contributed by atoms with Gasteiger partial charge < -0.3 is 15.6 Å². The molecule has 0 bridgehead atoms. The van der Waals surface area contributed by atoms with E-state index in [1.165, 1.54) is 6.33 Å². The highest BCUT2D eigenvalue weighted by atomic mass is 35.5. The maximum atomic E-state index is 5.85. The third-order valence-corrected chi connectivity index (χ3v) is 4.14. The van der Waals surface area contributed by atoms with Crippen LogP contribution in [0.15, 0.2) is 61.3 Å². The number of nitrogens with zero attached hydrogens (tertiary/aromatic N) is 5. The van der Waals surface area contributed by atoms with Crippen molar-refractivity contribution in [1.82, 2.24) is 29.9 Å². The summed E-state index contributed by atoms with van der Waals surface area (Å²) in [6.07, 6.45) is 6.68. The minimum Gasteiger partial charge on any atom is -0.368 e. The molecule has 28 heavy (non-hydrogen) atoms. The van der Waals surface area contributed by atoms with Crippen LogP contribution in [0.5, 0.6) is 0 Å². The molecule has 9 heteroatoms. The molecule has 4 aromatic rings. The van der Waals surface area contributed by atoms with Crippen LogP contribution in [-0.4, -0.2) is 43.0 Å². The van der Waals surface area contributed by atoms with Gasteiger partial charge in [-0.3, -0.25) is 0 Å². The average molecular weight is 393 g/mol. The van der Waals surface area contributed by atoms with Gasteiger partial charge >= 0.3 is 0 Å². The molecule has 4 rings (SSSR count). The van der Waals surface area contributed by atoms with Gasteiger partial charge in [-0.25, -0.2) is 24.9 Å². The van der Waals surface area contributed by atoms with Crippen molar-refractivity contribution in [3.63, 3.8) is 0 Å². The number of aromatic amines is 1. The Hall–Kier alpha value is -3.52. The van der Waals surface area contributed by atoms with Gasteiger partial charge in [0.05, 0.1) is 11.3 Å². The van der Waals surface area contributed by atoms with E-state index < -0.39 is 0 Å². The number of hydrogen-bond acceptors (Lipinski definition) is 7. The molecule has 0 unspecified atom stereocenters. The van der Waals surface area contributed by atoms with Gasteiger partial charge in [0.15, 0.2) is 0 Å². The molecule has 0 amide bonds. The normalized spacial score (nSPS) is 10.6. The maximum absolute atomic E-state index is 5.85. The number of halogens is 1. The van der Waals surface area contributed by atoms with Crippen LogP contribution in [0.25, 0.3) is 22.6 Å². The summed E-state index contributed by atoms with van der Waals surface area (Å²) in [4.78, 5) is 24.5. The molecule has 0 atom stereocenters. The van der Waals surface area contributed by atoms with Gasteiger partial charge in [-0.05, 0) is 0 Å². The SMILES string of the molecule is Clc1cc(NCCNc2ncc(-c3ncc[nH]3)c(-c3ccccc3)n2)ncn1. The van der Waals surface area contributed by atoms with Crippen molar-refractivity contribution in [3.05, 3.63) is 66.5 Å². The zero-order chi connectivity index (χ0) is 19.2. The Kier molecular flexibility index (Phi) is 5.39. The van der Waals surface area contributed by atoms with E-state index in [9.17, 15) is 0 Å². The smallest absolute Gasteiger partial charge is 0.223 e. The van der Waals surface area contributed by atoms with Crippen molar-refractivity contribution in [2.75, 3.05) is 23.7 Å². The topological polar surface area (TPSA) is 104 Å². The van der Waals surface area contributed by atoms with Crippen LogP contribution in [-0.2, 0) is 0 Å². The van der Waals surface area contributed by atoms with Gasteiger partial charge in [-0.2, -0.15) is 0 Å². The standard InChI is InChI=1S/C19H17ClN8/c20-15-10-16(27-12-26-15)21-6-9-24-19-25-11-14(18-22-7-8-23-18)17(28-19)13-4-2-1-3-5-13/h1-5,7-8,10-12H,6,9H2,(H,22,23)(H,21,26,27)(H,24,25,28). The molecule has 3 heterocycles. The number of aromatic nitrogens is 6. The van der Waals surface area contributed by atoms with Crippen LogP contribution in [0.1, 0.15) is 0 Å². The minimum absolute atomic E-state index is 0.398. The van der Waals surface area contributed by atoms with Gasteiger partial charge in [0.2, 0.25) is 5.95 Å². The molecule has 8 nitrogen and oxygen atoms in total. The molecule has 0 aliphatic carbocycles. The predicted molar refractivity (Wildman–Crippen MR) is 109 cm³/mol. The third kappa shape index (κ3) is 4.24. The largest absolute Gasteiger partial charge is 0.368 e. The van der Waals surface area contributed by atoms with Gasteiger partial charge in [-0.15, -0.1) is 0 Å². The molecule has 0 aliphatic heterocycles. The van der Waals surface area contributed by atoms with Crippen LogP contribution in [0.3, 0.4) is 0 Å². The molecule has 0 saturated carbocycles. The first-order valence-electron chi connectivity index (χ1n) is 8.67. The fraction of sp³-hybridized carbons (Fsp3) is 0.105. The van der Waals surface area contributed by atoms with E-state index in [-0.39, 0.29) is 0 Å². The Morgan fingerprint density at radius 1 is 0.964 bits per heavy atom. The van der Waals surface area contributed by atoms with Crippen molar-refractivity contribution in [3.8, 4) is 22.6 Å². The van der Waals surface area contributed by atoms with Gasteiger partial charge in [0.1, 0.15) is 23.1 Å². The van der Waals surface area contributed by atoms with Crippen molar-refractivity contribution < 1.29 is 0 Å². The van der Waals surface area contributed by atoms with Crippen LogP contribution >= 0.6 is 11.6 Å². The van der Waals surface area contributed by atoms with Crippen molar-refractivity contribution in [2.24, 2.45) is 0 Å². The summed E-state index contributed by atoms with van der Waals surface area (Å²) in [5, 5.41) is 6.79. The summed E-state index contributed by atoms with van der Waals surface area (Å²) in [5.74, 6) is 1.94. The Bertz CT molecular complexity index is 1040. The summed E-state index contributed by atoms with van der Waals surface area (Å²) in [6, 6.07) is 11.6. The summed E-state index contributed by atoms with van der Waals surface area (Å²) < 4.78 is 0. The first-order valence-corrected chi connectivity index (χ1v) is 9.05. The van der Waals surface area contributed by atoms with E-state index in [1.807, 2.05) is 30.3 Å². The zero-order valence-electron chi connectivity index (χ0n) is 14.8. The van der Waals surface area contributed by atoms with E-state index >= 15 is 0 Å². The monoisotopic (exact) mass is 392 g/mol. The van der Waals surface area contributed by atoms with Crippen molar-refractivity contribution in [1.29, 1.82) is 0 Å². The lowest BCUT2D eigenvalue weighted by Crippen LogP contribution is -2.16. The fourth-order valence-corrected chi connectivity index (χ4v) is 2.81.